The predicted octanol–water partition coefficient (Wildman–Crippen LogP) is 2.80. The molecule has 1 aliphatic rings. The summed E-state index contributed by atoms with van der Waals surface area (Å²) in [4.78, 5) is 27.9. The van der Waals surface area contributed by atoms with E-state index in [0.717, 1.165) is 24.9 Å². The number of nitrogens with one attached hydrogen (secondary N) is 1. The summed E-state index contributed by atoms with van der Waals surface area (Å²) in [6.45, 7) is 8.85. The summed E-state index contributed by atoms with van der Waals surface area (Å²) in [7, 11) is 0. The monoisotopic (exact) mass is 341 g/mol. The number of amides is 1. The topological polar surface area (TPSA) is 54.3 Å². The van der Waals surface area contributed by atoms with E-state index in [1.807, 2.05) is 32.0 Å². The predicted molar refractivity (Wildman–Crippen MR) is 101 cm³/mol. The highest BCUT2D eigenvalue weighted by molar-refractivity contribution is 6.06. The maximum absolute atomic E-state index is 12.9. The molecule has 2 aromatic rings. The molecule has 1 aliphatic heterocycles. The Labute approximate surface area is 148 Å². The van der Waals surface area contributed by atoms with Crippen molar-refractivity contribution in [3.63, 3.8) is 0 Å². The van der Waals surface area contributed by atoms with Crippen molar-refractivity contribution in [2.24, 2.45) is 0 Å². The maximum atomic E-state index is 12.9. The zero-order valence-corrected chi connectivity index (χ0v) is 15.3. The Bertz CT molecular complexity index is 825. The normalized spacial score (nSPS) is 18.2. The lowest BCUT2D eigenvalue weighted by Gasteiger charge is -2.23. The van der Waals surface area contributed by atoms with Crippen LogP contribution in [0.25, 0.3) is 10.8 Å². The van der Waals surface area contributed by atoms with E-state index in [9.17, 15) is 9.59 Å². The van der Waals surface area contributed by atoms with E-state index in [1.54, 1.807) is 16.8 Å². The second-order valence-corrected chi connectivity index (χ2v) is 7.03. The van der Waals surface area contributed by atoms with E-state index < -0.39 is 0 Å². The standard InChI is InChI=1S/C20H27N3O2/c1-4-22-11-7-8-15(22)12-21-19(24)18-13-23(14(2)3)20(25)17-10-6-5-9-16(17)18/h5-6,9-10,13-15H,4,7-8,11-12H2,1-3H3,(H,21,24)/t15-/m0/s1. The fourth-order valence-electron chi connectivity index (χ4n) is 3.72. The number of hydrogen-bond donors (Lipinski definition) is 1. The van der Waals surface area contributed by atoms with Gasteiger partial charge in [-0.05, 0) is 45.8 Å². The van der Waals surface area contributed by atoms with Gasteiger partial charge < -0.3 is 9.88 Å². The number of benzene rings is 1. The number of rotatable bonds is 5. The van der Waals surface area contributed by atoms with E-state index in [4.69, 9.17) is 0 Å². The average molecular weight is 341 g/mol. The summed E-state index contributed by atoms with van der Waals surface area (Å²) in [6, 6.07) is 7.78. The second-order valence-electron chi connectivity index (χ2n) is 7.03. The van der Waals surface area contributed by atoms with Crippen LogP contribution in [-0.4, -0.2) is 41.1 Å². The summed E-state index contributed by atoms with van der Waals surface area (Å²) in [6.07, 6.45) is 4.02. The van der Waals surface area contributed by atoms with Crippen LogP contribution in [-0.2, 0) is 0 Å². The van der Waals surface area contributed by atoms with Crippen molar-refractivity contribution < 1.29 is 4.79 Å². The van der Waals surface area contributed by atoms with Gasteiger partial charge in [-0.3, -0.25) is 14.5 Å². The van der Waals surface area contributed by atoms with Crippen molar-refractivity contribution in [1.82, 2.24) is 14.8 Å². The number of carbonyl (C=O) groups excluding carboxylic acids is 1. The van der Waals surface area contributed by atoms with Crippen molar-refractivity contribution in [1.29, 1.82) is 0 Å². The highest BCUT2D eigenvalue weighted by Gasteiger charge is 2.24. The Morgan fingerprint density at radius 3 is 2.68 bits per heavy atom. The number of likely N-dealkylation sites (N-methyl/N-ethyl adjacent to an activating group) is 1. The molecule has 0 radical (unpaired) electrons. The van der Waals surface area contributed by atoms with Crippen LogP contribution in [0.3, 0.4) is 0 Å². The quantitative estimate of drug-likeness (QED) is 0.910. The van der Waals surface area contributed by atoms with Crippen LogP contribution in [0.4, 0.5) is 0 Å². The number of likely N-dealkylation sites (tertiary alicyclic amines) is 1. The SMILES string of the molecule is CCN1CCC[C@H]1CNC(=O)c1cn(C(C)C)c(=O)c2ccccc12. The fraction of sp³-hybridized carbons (Fsp3) is 0.500. The van der Waals surface area contributed by atoms with Crippen LogP contribution in [0.2, 0.25) is 0 Å². The Morgan fingerprint density at radius 1 is 1.28 bits per heavy atom. The Hall–Kier alpha value is -2.14. The summed E-state index contributed by atoms with van der Waals surface area (Å²) in [5.74, 6) is -0.103. The fourth-order valence-corrected chi connectivity index (χ4v) is 3.72. The molecule has 0 aliphatic carbocycles. The average Bonchev–Trinajstić information content (AvgIpc) is 3.07. The maximum Gasteiger partial charge on any atom is 0.258 e. The van der Waals surface area contributed by atoms with Crippen LogP contribution < -0.4 is 10.9 Å². The van der Waals surface area contributed by atoms with Crippen LogP contribution in [0, 0.1) is 0 Å². The minimum absolute atomic E-state index is 0.00840. The van der Waals surface area contributed by atoms with Gasteiger partial charge in [0.2, 0.25) is 0 Å². The van der Waals surface area contributed by atoms with Gasteiger partial charge in [0.1, 0.15) is 0 Å². The van der Waals surface area contributed by atoms with Gasteiger partial charge in [-0.25, -0.2) is 0 Å². The van der Waals surface area contributed by atoms with Gasteiger partial charge in [0.15, 0.2) is 0 Å². The molecule has 2 heterocycles. The lowest BCUT2D eigenvalue weighted by atomic mass is 10.1. The molecule has 0 spiro atoms. The third kappa shape index (κ3) is 3.47. The lowest BCUT2D eigenvalue weighted by Crippen LogP contribution is -2.40. The van der Waals surface area contributed by atoms with Crippen LogP contribution in [0.5, 0.6) is 0 Å². The largest absolute Gasteiger partial charge is 0.350 e. The molecule has 1 amide bonds. The number of fused-ring (bicyclic) bond motifs is 1. The Balaban J connectivity index is 1.90. The minimum atomic E-state index is -0.103. The number of hydrogen-bond acceptors (Lipinski definition) is 3. The molecule has 134 valence electrons. The van der Waals surface area contributed by atoms with Crippen molar-refractivity contribution in [3.8, 4) is 0 Å². The molecule has 1 atom stereocenters. The molecule has 1 saturated heterocycles. The molecule has 3 rings (SSSR count). The van der Waals surface area contributed by atoms with E-state index in [-0.39, 0.29) is 17.5 Å². The molecule has 1 fully saturated rings. The first kappa shape index (κ1) is 17.7. The van der Waals surface area contributed by atoms with Crippen LogP contribution in [0.15, 0.2) is 35.3 Å². The first-order valence-corrected chi connectivity index (χ1v) is 9.19. The van der Waals surface area contributed by atoms with Crippen molar-refractivity contribution >= 4 is 16.7 Å². The summed E-state index contributed by atoms with van der Waals surface area (Å²) < 4.78 is 1.64. The Kier molecular flexibility index (Phi) is 5.23. The van der Waals surface area contributed by atoms with Gasteiger partial charge in [-0.15, -0.1) is 0 Å². The van der Waals surface area contributed by atoms with E-state index in [1.165, 1.54) is 6.42 Å². The zero-order chi connectivity index (χ0) is 18.0. The number of nitrogens with zero attached hydrogens (tertiary/aromatic N) is 2. The smallest absolute Gasteiger partial charge is 0.258 e. The molecule has 0 saturated carbocycles. The van der Waals surface area contributed by atoms with Gasteiger partial charge in [-0.2, -0.15) is 0 Å². The highest BCUT2D eigenvalue weighted by Crippen LogP contribution is 2.19. The summed E-state index contributed by atoms with van der Waals surface area (Å²) in [5.41, 5.74) is 0.528. The van der Waals surface area contributed by atoms with Crippen LogP contribution in [0.1, 0.15) is 50.0 Å². The highest BCUT2D eigenvalue weighted by atomic mass is 16.2. The lowest BCUT2D eigenvalue weighted by molar-refractivity contribution is 0.0942. The second kappa shape index (κ2) is 7.40. The van der Waals surface area contributed by atoms with Gasteiger partial charge in [0.05, 0.1) is 5.56 Å². The number of aromatic nitrogens is 1. The summed E-state index contributed by atoms with van der Waals surface area (Å²) >= 11 is 0. The van der Waals surface area contributed by atoms with Crippen molar-refractivity contribution in [2.45, 2.75) is 45.7 Å². The van der Waals surface area contributed by atoms with E-state index in [2.05, 4.69) is 17.1 Å². The van der Waals surface area contributed by atoms with Gasteiger partial charge in [0.25, 0.3) is 11.5 Å². The first-order valence-electron chi connectivity index (χ1n) is 9.19. The van der Waals surface area contributed by atoms with Crippen molar-refractivity contribution in [3.05, 3.63) is 46.4 Å². The van der Waals surface area contributed by atoms with Gasteiger partial charge in [0, 0.05) is 35.6 Å². The van der Waals surface area contributed by atoms with Crippen molar-refractivity contribution in [2.75, 3.05) is 19.6 Å². The molecule has 0 unspecified atom stereocenters. The van der Waals surface area contributed by atoms with Crippen LogP contribution >= 0.6 is 0 Å². The first-order chi connectivity index (χ1) is 12.0. The third-order valence-corrected chi connectivity index (χ3v) is 5.15. The molecule has 1 aromatic carbocycles. The molecular formula is C20H27N3O2. The minimum Gasteiger partial charge on any atom is -0.350 e. The molecule has 25 heavy (non-hydrogen) atoms. The zero-order valence-electron chi connectivity index (χ0n) is 15.3. The molecule has 1 aromatic heterocycles. The van der Waals surface area contributed by atoms with E-state index >= 15 is 0 Å². The van der Waals surface area contributed by atoms with E-state index in [0.29, 0.717) is 23.5 Å². The molecule has 5 nitrogen and oxygen atoms in total. The molecule has 1 N–H and O–H groups in total. The molecule has 5 heteroatoms. The molecule has 0 bridgehead atoms. The number of carbonyl (C=O) groups is 1. The molecular weight excluding hydrogens is 314 g/mol. The van der Waals surface area contributed by atoms with Gasteiger partial charge >= 0.3 is 0 Å². The summed E-state index contributed by atoms with van der Waals surface area (Å²) in [5, 5.41) is 4.41. The van der Waals surface area contributed by atoms with Gasteiger partial charge in [-0.1, -0.05) is 25.1 Å². The Morgan fingerprint density at radius 2 is 2.00 bits per heavy atom. The number of pyridine rings is 1. The third-order valence-electron chi connectivity index (χ3n) is 5.15.